The molecule has 0 saturated carbocycles. The van der Waals surface area contributed by atoms with E-state index in [1.165, 1.54) is 42.5 Å². The van der Waals surface area contributed by atoms with Crippen molar-refractivity contribution in [1.29, 1.82) is 0 Å². The van der Waals surface area contributed by atoms with Crippen LogP contribution in [0.3, 0.4) is 0 Å². The number of rotatable bonds is 9. The molecular weight excluding hydrogens is 488 g/mol. The maximum atomic E-state index is 13.0. The summed E-state index contributed by atoms with van der Waals surface area (Å²) in [5.74, 6) is 1.43. The molecule has 0 atom stereocenters. The maximum absolute atomic E-state index is 13.0. The first-order chi connectivity index (χ1) is 16.8. The molecule has 4 rings (SSSR count). The second-order valence-corrected chi connectivity index (χ2v) is 10.7. The van der Waals surface area contributed by atoms with E-state index in [9.17, 15) is 16.8 Å². The fraction of sp³-hybridized carbons (Fsp3) is 0.0400. The summed E-state index contributed by atoms with van der Waals surface area (Å²) in [5.41, 5.74) is 0.0369. The molecule has 0 spiro atoms. The van der Waals surface area contributed by atoms with Crippen molar-refractivity contribution < 1.29 is 26.3 Å². The van der Waals surface area contributed by atoms with Gasteiger partial charge in [-0.15, -0.1) is 0 Å². The van der Waals surface area contributed by atoms with Crippen molar-refractivity contribution in [2.24, 2.45) is 0 Å². The summed E-state index contributed by atoms with van der Waals surface area (Å²) in [6.07, 6.45) is 0. The van der Waals surface area contributed by atoms with Crippen molar-refractivity contribution in [2.75, 3.05) is 16.6 Å². The highest BCUT2D eigenvalue weighted by Gasteiger charge is 2.20. The second kappa shape index (κ2) is 10.1. The Kier molecular flexibility index (Phi) is 6.94. The van der Waals surface area contributed by atoms with Gasteiger partial charge < -0.3 is 9.47 Å². The van der Waals surface area contributed by atoms with Gasteiger partial charge in [-0.2, -0.15) is 0 Å². The Hall–Kier alpha value is -4.02. The summed E-state index contributed by atoms with van der Waals surface area (Å²) in [5, 5.41) is 0. The van der Waals surface area contributed by atoms with Gasteiger partial charge in [0, 0.05) is 6.07 Å². The monoisotopic (exact) mass is 510 g/mol. The zero-order valence-corrected chi connectivity index (χ0v) is 20.2. The van der Waals surface area contributed by atoms with Crippen LogP contribution in [0.15, 0.2) is 113 Å². The highest BCUT2D eigenvalue weighted by Crippen LogP contribution is 2.33. The van der Waals surface area contributed by atoms with E-state index in [0.717, 1.165) is 0 Å². The van der Waals surface area contributed by atoms with E-state index in [1.54, 1.807) is 67.8 Å². The van der Waals surface area contributed by atoms with Crippen LogP contribution < -0.4 is 18.9 Å². The molecular formula is C25H22N2O6S2. The van der Waals surface area contributed by atoms with Gasteiger partial charge >= 0.3 is 0 Å². The number of benzene rings is 4. The molecule has 0 unspecified atom stereocenters. The van der Waals surface area contributed by atoms with E-state index in [-0.39, 0.29) is 21.2 Å². The van der Waals surface area contributed by atoms with E-state index in [2.05, 4.69) is 9.44 Å². The highest BCUT2D eigenvalue weighted by molar-refractivity contribution is 7.93. The number of ether oxygens (including phenoxy) is 2. The van der Waals surface area contributed by atoms with Crippen LogP contribution in [0.1, 0.15) is 0 Å². The molecule has 4 aromatic rings. The highest BCUT2D eigenvalue weighted by atomic mass is 32.2. The molecule has 2 N–H and O–H groups in total. The van der Waals surface area contributed by atoms with Gasteiger partial charge in [0.25, 0.3) is 20.0 Å². The summed E-state index contributed by atoms with van der Waals surface area (Å²) < 4.78 is 67.7. The molecule has 0 amide bonds. The predicted octanol–water partition coefficient (Wildman–Crippen LogP) is 5.09. The minimum Gasteiger partial charge on any atom is -0.497 e. The molecule has 10 heteroatoms. The number of hydrogen-bond acceptors (Lipinski definition) is 6. The first-order valence-corrected chi connectivity index (χ1v) is 13.4. The van der Waals surface area contributed by atoms with Crippen LogP contribution in [0.2, 0.25) is 0 Å². The Morgan fingerprint density at radius 3 is 1.51 bits per heavy atom. The molecule has 0 aliphatic rings. The van der Waals surface area contributed by atoms with Crippen molar-refractivity contribution in [1.82, 2.24) is 0 Å². The topological polar surface area (TPSA) is 111 Å². The molecule has 180 valence electrons. The standard InChI is InChI=1S/C25H22N2O6S2/c1-32-19-12-14-20(15-13-19)33-21-16-17-24(26-34(28,29)22-8-4-2-5-9-22)25(18-21)27-35(30,31)23-10-6-3-7-11-23/h2-18,26-27H,1H3. The normalized spacial score (nSPS) is 11.5. The molecule has 0 aliphatic carbocycles. The Balaban J connectivity index is 1.70. The Bertz CT molecular complexity index is 1510. The molecule has 0 bridgehead atoms. The molecule has 0 saturated heterocycles. The van der Waals surface area contributed by atoms with E-state index >= 15 is 0 Å². The van der Waals surface area contributed by atoms with Gasteiger partial charge in [0.15, 0.2) is 0 Å². The lowest BCUT2D eigenvalue weighted by atomic mass is 10.2. The molecule has 35 heavy (non-hydrogen) atoms. The Morgan fingerprint density at radius 2 is 1.00 bits per heavy atom. The summed E-state index contributed by atoms with van der Waals surface area (Å²) in [4.78, 5) is 0.0637. The zero-order valence-electron chi connectivity index (χ0n) is 18.6. The minimum atomic E-state index is -4.01. The zero-order chi connectivity index (χ0) is 24.9. The fourth-order valence-corrected chi connectivity index (χ4v) is 5.34. The fourth-order valence-electron chi connectivity index (χ4n) is 3.15. The van der Waals surface area contributed by atoms with E-state index < -0.39 is 20.0 Å². The van der Waals surface area contributed by atoms with E-state index in [1.807, 2.05) is 0 Å². The molecule has 0 aliphatic heterocycles. The van der Waals surface area contributed by atoms with Gasteiger partial charge in [-0.3, -0.25) is 9.44 Å². The third-order valence-corrected chi connectivity index (χ3v) is 7.64. The van der Waals surface area contributed by atoms with Crippen molar-refractivity contribution in [3.05, 3.63) is 103 Å². The summed E-state index contributed by atoms with van der Waals surface area (Å²) >= 11 is 0. The average Bonchev–Trinajstić information content (AvgIpc) is 2.87. The van der Waals surface area contributed by atoms with Crippen molar-refractivity contribution in [3.63, 3.8) is 0 Å². The van der Waals surface area contributed by atoms with Crippen LogP contribution in [-0.2, 0) is 20.0 Å². The van der Waals surface area contributed by atoms with Crippen molar-refractivity contribution in [3.8, 4) is 17.2 Å². The first-order valence-electron chi connectivity index (χ1n) is 10.4. The molecule has 0 radical (unpaired) electrons. The molecule has 0 fully saturated rings. The lowest BCUT2D eigenvalue weighted by Crippen LogP contribution is -2.17. The third kappa shape index (κ3) is 5.92. The van der Waals surface area contributed by atoms with Crippen LogP contribution >= 0.6 is 0 Å². The van der Waals surface area contributed by atoms with Crippen molar-refractivity contribution in [2.45, 2.75) is 9.79 Å². The van der Waals surface area contributed by atoms with Gasteiger partial charge in [0.05, 0.1) is 28.3 Å². The van der Waals surface area contributed by atoms with Crippen LogP contribution in [0.25, 0.3) is 0 Å². The third-order valence-electron chi connectivity index (χ3n) is 4.88. The summed E-state index contributed by atoms with van der Waals surface area (Å²) in [6.45, 7) is 0. The van der Waals surface area contributed by atoms with E-state index in [0.29, 0.717) is 17.2 Å². The number of sulfonamides is 2. The largest absolute Gasteiger partial charge is 0.497 e. The van der Waals surface area contributed by atoms with Crippen LogP contribution in [-0.4, -0.2) is 23.9 Å². The van der Waals surface area contributed by atoms with Gasteiger partial charge in [0.2, 0.25) is 0 Å². The lowest BCUT2D eigenvalue weighted by molar-refractivity contribution is 0.413. The Labute approximate surface area is 204 Å². The lowest BCUT2D eigenvalue weighted by Gasteiger charge is -2.16. The van der Waals surface area contributed by atoms with Crippen molar-refractivity contribution >= 4 is 31.4 Å². The van der Waals surface area contributed by atoms with Gasteiger partial charge in [-0.05, 0) is 60.7 Å². The van der Waals surface area contributed by atoms with E-state index in [4.69, 9.17) is 9.47 Å². The number of nitrogens with one attached hydrogen (secondary N) is 2. The van der Waals surface area contributed by atoms with Gasteiger partial charge in [-0.1, -0.05) is 36.4 Å². The summed E-state index contributed by atoms with van der Waals surface area (Å²) in [6, 6.07) is 26.7. The first kappa shape index (κ1) is 24.1. The smallest absolute Gasteiger partial charge is 0.261 e. The Morgan fingerprint density at radius 1 is 0.543 bits per heavy atom. The molecule has 0 aromatic heterocycles. The van der Waals surface area contributed by atoms with Gasteiger partial charge in [-0.25, -0.2) is 16.8 Å². The van der Waals surface area contributed by atoms with Gasteiger partial charge in [0.1, 0.15) is 17.2 Å². The number of methoxy groups -OCH3 is 1. The SMILES string of the molecule is COc1ccc(Oc2ccc(NS(=O)(=O)c3ccccc3)c(NS(=O)(=O)c3ccccc3)c2)cc1. The van der Waals surface area contributed by atoms with Crippen LogP contribution in [0, 0.1) is 0 Å². The molecule has 4 aromatic carbocycles. The van der Waals surface area contributed by atoms with Crippen LogP contribution in [0.5, 0.6) is 17.2 Å². The summed E-state index contributed by atoms with van der Waals surface area (Å²) in [7, 11) is -6.43. The minimum absolute atomic E-state index is 0.000583. The second-order valence-electron chi connectivity index (χ2n) is 7.32. The maximum Gasteiger partial charge on any atom is 0.261 e. The molecule has 8 nitrogen and oxygen atoms in total. The quantitative estimate of drug-likeness (QED) is 0.325. The average molecular weight is 511 g/mol. The van der Waals surface area contributed by atoms with Crippen LogP contribution in [0.4, 0.5) is 11.4 Å². The number of hydrogen-bond donors (Lipinski definition) is 2. The predicted molar refractivity (Wildman–Crippen MR) is 134 cm³/mol. The molecule has 0 heterocycles. The number of anilines is 2.